The molecule has 0 spiro atoms. The molecule has 1 unspecified atom stereocenters. The second-order valence-corrected chi connectivity index (χ2v) is 5.54. The smallest absolute Gasteiger partial charge is 0.139 e. The maximum Gasteiger partial charge on any atom is 0.139 e. The zero-order valence-electron chi connectivity index (χ0n) is 11.0. The summed E-state index contributed by atoms with van der Waals surface area (Å²) < 4.78 is 35.9. The molecule has 0 fully saturated rings. The Hall–Kier alpha value is -1.88. The van der Waals surface area contributed by atoms with Crippen LogP contribution in [0.25, 0.3) is 0 Å². The Bertz CT molecular complexity index is 584. The van der Waals surface area contributed by atoms with Crippen molar-refractivity contribution in [3.05, 3.63) is 54.3 Å². The van der Waals surface area contributed by atoms with E-state index in [4.69, 9.17) is 9.47 Å². The van der Waals surface area contributed by atoms with Crippen molar-refractivity contribution in [2.24, 2.45) is 0 Å². The Labute approximate surface area is 119 Å². The summed E-state index contributed by atoms with van der Waals surface area (Å²) in [4.78, 5) is 0.214. The first-order valence-corrected chi connectivity index (χ1v) is 7.42. The maximum absolute atomic E-state index is 13.4. The monoisotopic (exact) mass is 294 g/mol. The predicted molar refractivity (Wildman–Crippen MR) is 76.2 cm³/mol. The average molecular weight is 294 g/mol. The largest absolute Gasteiger partial charge is 0.497 e. The van der Waals surface area contributed by atoms with Crippen molar-refractivity contribution in [2.75, 3.05) is 19.5 Å². The number of hydrogen-bond donors (Lipinski definition) is 0. The van der Waals surface area contributed by atoms with Crippen molar-refractivity contribution >= 4 is 10.8 Å². The predicted octanol–water partition coefficient (Wildman–Crippen LogP) is 3.02. The van der Waals surface area contributed by atoms with Crippen molar-refractivity contribution in [3.63, 3.8) is 0 Å². The molecule has 2 rings (SSSR count). The van der Waals surface area contributed by atoms with Gasteiger partial charge >= 0.3 is 0 Å². The van der Waals surface area contributed by atoms with Crippen molar-refractivity contribution in [2.45, 2.75) is 4.90 Å². The molecule has 5 heteroatoms. The third kappa shape index (κ3) is 3.81. The fourth-order valence-electron chi connectivity index (χ4n) is 1.65. The quantitative estimate of drug-likeness (QED) is 0.821. The molecular formula is C15H15FO3S. The summed E-state index contributed by atoms with van der Waals surface area (Å²) in [6.07, 6.45) is 0. The van der Waals surface area contributed by atoms with Crippen molar-refractivity contribution in [1.82, 2.24) is 0 Å². The van der Waals surface area contributed by atoms with Crippen molar-refractivity contribution < 1.29 is 18.1 Å². The first kappa shape index (κ1) is 14.5. The standard InChI is InChI=1S/C15H15FO3S/c1-18-12-6-8-13(9-7-12)19-10-11-20(17)15-5-3-2-4-14(15)16/h2-9H,10-11H2,1H3. The topological polar surface area (TPSA) is 35.5 Å². The lowest BCUT2D eigenvalue weighted by Crippen LogP contribution is -2.09. The summed E-state index contributed by atoms with van der Waals surface area (Å²) >= 11 is 0. The Morgan fingerprint density at radius 1 is 1.05 bits per heavy atom. The lowest BCUT2D eigenvalue weighted by Gasteiger charge is -2.07. The van der Waals surface area contributed by atoms with Gasteiger partial charge in [-0.25, -0.2) is 4.39 Å². The minimum atomic E-state index is -1.40. The van der Waals surface area contributed by atoms with Gasteiger partial charge < -0.3 is 9.47 Å². The maximum atomic E-state index is 13.4. The molecule has 2 aromatic rings. The first-order chi connectivity index (χ1) is 9.70. The van der Waals surface area contributed by atoms with E-state index < -0.39 is 16.6 Å². The molecule has 0 aliphatic heterocycles. The van der Waals surface area contributed by atoms with Gasteiger partial charge in [0.2, 0.25) is 0 Å². The van der Waals surface area contributed by atoms with E-state index in [-0.39, 0.29) is 17.3 Å². The molecule has 0 amide bonds. The summed E-state index contributed by atoms with van der Waals surface area (Å²) in [5, 5.41) is 0. The fraction of sp³-hybridized carbons (Fsp3) is 0.200. The van der Waals surface area contributed by atoms with Gasteiger partial charge in [-0.15, -0.1) is 0 Å². The van der Waals surface area contributed by atoms with Gasteiger partial charge in [-0.1, -0.05) is 12.1 Å². The van der Waals surface area contributed by atoms with Gasteiger partial charge in [0.1, 0.15) is 23.9 Å². The minimum Gasteiger partial charge on any atom is -0.497 e. The van der Waals surface area contributed by atoms with Gasteiger partial charge in [0.05, 0.1) is 28.6 Å². The van der Waals surface area contributed by atoms with E-state index >= 15 is 0 Å². The highest BCUT2D eigenvalue weighted by molar-refractivity contribution is 7.85. The van der Waals surface area contributed by atoms with Crippen LogP contribution in [0.4, 0.5) is 4.39 Å². The molecule has 0 heterocycles. The molecule has 0 aliphatic rings. The summed E-state index contributed by atoms with van der Waals surface area (Å²) in [6.45, 7) is 0.257. The van der Waals surface area contributed by atoms with Gasteiger partial charge in [-0.2, -0.15) is 0 Å². The molecule has 3 nitrogen and oxygen atoms in total. The highest BCUT2D eigenvalue weighted by Crippen LogP contribution is 2.17. The summed E-state index contributed by atoms with van der Waals surface area (Å²) in [5.74, 6) is 1.20. The number of benzene rings is 2. The second-order valence-electron chi connectivity index (χ2n) is 4.00. The number of methoxy groups -OCH3 is 1. The number of rotatable bonds is 6. The zero-order chi connectivity index (χ0) is 14.4. The summed E-state index contributed by atoms with van der Waals surface area (Å²) in [6, 6.07) is 13.2. The molecule has 20 heavy (non-hydrogen) atoms. The molecular weight excluding hydrogens is 279 g/mol. The van der Waals surface area contributed by atoms with Crippen LogP contribution >= 0.6 is 0 Å². The van der Waals surface area contributed by atoms with E-state index in [9.17, 15) is 8.60 Å². The number of hydrogen-bond acceptors (Lipinski definition) is 3. The lowest BCUT2D eigenvalue weighted by molar-refractivity contribution is 0.341. The van der Waals surface area contributed by atoms with Crippen LogP contribution in [0.5, 0.6) is 11.5 Å². The number of ether oxygens (including phenoxy) is 2. The normalized spacial score (nSPS) is 11.9. The van der Waals surface area contributed by atoms with Crippen LogP contribution in [-0.4, -0.2) is 23.7 Å². The SMILES string of the molecule is COc1ccc(OCCS(=O)c2ccccc2F)cc1. The van der Waals surface area contributed by atoms with Crippen LogP contribution in [0, 0.1) is 5.82 Å². The van der Waals surface area contributed by atoms with Crippen molar-refractivity contribution in [3.8, 4) is 11.5 Å². The van der Waals surface area contributed by atoms with Crippen LogP contribution in [0.3, 0.4) is 0 Å². The molecule has 106 valence electrons. The molecule has 2 aromatic carbocycles. The molecule has 0 aromatic heterocycles. The fourth-order valence-corrected chi connectivity index (χ4v) is 2.62. The van der Waals surface area contributed by atoms with Gasteiger partial charge in [0.15, 0.2) is 0 Å². The molecule has 0 bridgehead atoms. The molecule has 0 radical (unpaired) electrons. The molecule has 0 saturated carbocycles. The van der Waals surface area contributed by atoms with Gasteiger partial charge in [0, 0.05) is 0 Å². The average Bonchev–Trinajstić information content (AvgIpc) is 2.48. The van der Waals surface area contributed by atoms with E-state index in [0.29, 0.717) is 5.75 Å². The van der Waals surface area contributed by atoms with Crippen LogP contribution < -0.4 is 9.47 Å². The van der Waals surface area contributed by atoms with Crippen LogP contribution in [-0.2, 0) is 10.8 Å². The van der Waals surface area contributed by atoms with E-state index in [2.05, 4.69) is 0 Å². The van der Waals surface area contributed by atoms with Crippen LogP contribution in [0.15, 0.2) is 53.4 Å². The van der Waals surface area contributed by atoms with Gasteiger partial charge in [0.25, 0.3) is 0 Å². The molecule has 1 atom stereocenters. The van der Waals surface area contributed by atoms with Gasteiger partial charge in [-0.3, -0.25) is 4.21 Å². The minimum absolute atomic E-state index is 0.214. The first-order valence-electron chi connectivity index (χ1n) is 6.10. The molecule has 0 aliphatic carbocycles. The Kier molecular flexibility index (Phi) is 5.12. The number of halogens is 1. The molecule has 0 N–H and O–H groups in total. The third-order valence-electron chi connectivity index (χ3n) is 2.68. The Balaban J connectivity index is 1.86. The summed E-state index contributed by atoms with van der Waals surface area (Å²) in [7, 11) is 0.191. The van der Waals surface area contributed by atoms with E-state index in [1.54, 1.807) is 43.5 Å². The highest BCUT2D eigenvalue weighted by atomic mass is 32.2. The Morgan fingerprint density at radius 2 is 1.70 bits per heavy atom. The van der Waals surface area contributed by atoms with Crippen molar-refractivity contribution in [1.29, 1.82) is 0 Å². The van der Waals surface area contributed by atoms with E-state index in [1.807, 2.05) is 0 Å². The van der Waals surface area contributed by atoms with E-state index in [0.717, 1.165) is 5.75 Å². The third-order valence-corrected chi connectivity index (χ3v) is 4.04. The van der Waals surface area contributed by atoms with Crippen LogP contribution in [0.2, 0.25) is 0 Å². The highest BCUT2D eigenvalue weighted by Gasteiger charge is 2.09. The lowest BCUT2D eigenvalue weighted by atomic mass is 10.3. The van der Waals surface area contributed by atoms with Gasteiger partial charge in [-0.05, 0) is 36.4 Å². The second kappa shape index (κ2) is 7.05. The van der Waals surface area contributed by atoms with Crippen LogP contribution in [0.1, 0.15) is 0 Å². The zero-order valence-corrected chi connectivity index (χ0v) is 11.9. The molecule has 0 saturated heterocycles. The Morgan fingerprint density at radius 3 is 2.35 bits per heavy atom. The summed E-state index contributed by atoms with van der Waals surface area (Å²) in [5.41, 5.74) is 0. The van der Waals surface area contributed by atoms with E-state index in [1.165, 1.54) is 12.1 Å².